The number of benzene rings is 3. The molecule has 0 saturated heterocycles. The standard InChI is InChI=1S/C27H29NO5/c29-15-13-18-6-5-7-19(16-18)26(31)25(30)12-14-28-27(32)33-17-24-22-10-3-1-8-20(22)21-9-2-4-11-23(21)24/h1-11,16,24-26,29-31H,12-15,17H2,(H,28,32). The predicted molar refractivity (Wildman–Crippen MR) is 126 cm³/mol. The van der Waals surface area contributed by atoms with Crippen LogP contribution < -0.4 is 5.32 Å². The lowest BCUT2D eigenvalue weighted by Crippen LogP contribution is -2.30. The second kappa shape index (κ2) is 10.6. The molecule has 1 aliphatic rings. The Morgan fingerprint density at radius 2 is 1.61 bits per heavy atom. The number of ether oxygens (including phenoxy) is 1. The van der Waals surface area contributed by atoms with E-state index in [1.807, 2.05) is 30.3 Å². The largest absolute Gasteiger partial charge is 0.449 e. The summed E-state index contributed by atoms with van der Waals surface area (Å²) in [5, 5.41) is 32.5. The van der Waals surface area contributed by atoms with Crippen LogP contribution in [-0.4, -0.2) is 47.3 Å². The van der Waals surface area contributed by atoms with Gasteiger partial charge in [0.2, 0.25) is 0 Å². The van der Waals surface area contributed by atoms with Gasteiger partial charge in [0.15, 0.2) is 0 Å². The Bertz CT molecular complexity index is 1050. The van der Waals surface area contributed by atoms with Crippen molar-refractivity contribution in [1.82, 2.24) is 5.32 Å². The molecule has 6 heteroatoms. The van der Waals surface area contributed by atoms with Crippen molar-refractivity contribution in [3.05, 3.63) is 95.1 Å². The Kier molecular flexibility index (Phi) is 7.40. The molecule has 3 aromatic carbocycles. The van der Waals surface area contributed by atoms with E-state index in [1.54, 1.807) is 18.2 Å². The molecule has 2 unspecified atom stereocenters. The van der Waals surface area contributed by atoms with Crippen molar-refractivity contribution in [1.29, 1.82) is 0 Å². The highest BCUT2D eigenvalue weighted by molar-refractivity contribution is 5.79. The average molecular weight is 448 g/mol. The van der Waals surface area contributed by atoms with E-state index in [1.165, 1.54) is 11.1 Å². The fourth-order valence-electron chi connectivity index (χ4n) is 4.41. The van der Waals surface area contributed by atoms with Crippen LogP contribution in [0.15, 0.2) is 72.8 Å². The summed E-state index contributed by atoms with van der Waals surface area (Å²) in [4.78, 5) is 12.3. The molecular formula is C27H29NO5. The topological polar surface area (TPSA) is 99.0 Å². The number of aliphatic hydroxyl groups is 3. The van der Waals surface area contributed by atoms with Gasteiger partial charge < -0.3 is 25.4 Å². The number of rotatable bonds is 9. The highest BCUT2D eigenvalue weighted by atomic mass is 16.5. The summed E-state index contributed by atoms with van der Waals surface area (Å²) in [6.07, 6.45) is -2.00. The highest BCUT2D eigenvalue weighted by Crippen LogP contribution is 2.44. The summed E-state index contributed by atoms with van der Waals surface area (Å²) < 4.78 is 5.49. The molecule has 3 aromatic rings. The van der Waals surface area contributed by atoms with Gasteiger partial charge in [-0.25, -0.2) is 4.79 Å². The van der Waals surface area contributed by atoms with Gasteiger partial charge in [0, 0.05) is 19.1 Å². The van der Waals surface area contributed by atoms with E-state index >= 15 is 0 Å². The molecule has 6 nitrogen and oxygen atoms in total. The molecule has 33 heavy (non-hydrogen) atoms. The van der Waals surface area contributed by atoms with Crippen LogP contribution in [0.2, 0.25) is 0 Å². The number of fused-ring (bicyclic) bond motifs is 3. The maximum absolute atomic E-state index is 12.3. The normalized spacial score (nSPS) is 14.3. The Labute approximate surface area is 193 Å². The molecular weight excluding hydrogens is 418 g/mol. The van der Waals surface area contributed by atoms with Gasteiger partial charge in [0.1, 0.15) is 12.7 Å². The molecule has 1 amide bonds. The van der Waals surface area contributed by atoms with Gasteiger partial charge in [-0.05, 0) is 46.2 Å². The van der Waals surface area contributed by atoms with Gasteiger partial charge >= 0.3 is 6.09 Å². The van der Waals surface area contributed by atoms with E-state index < -0.39 is 18.3 Å². The zero-order valence-electron chi connectivity index (χ0n) is 18.4. The second-order valence-electron chi connectivity index (χ2n) is 8.27. The molecule has 4 rings (SSSR count). The van der Waals surface area contributed by atoms with Crippen LogP contribution >= 0.6 is 0 Å². The quantitative estimate of drug-likeness (QED) is 0.402. The molecule has 0 spiro atoms. The van der Waals surface area contributed by atoms with E-state index in [-0.39, 0.29) is 32.1 Å². The van der Waals surface area contributed by atoms with E-state index in [2.05, 4.69) is 29.6 Å². The van der Waals surface area contributed by atoms with Gasteiger partial charge in [0.05, 0.1) is 6.10 Å². The van der Waals surface area contributed by atoms with E-state index in [9.17, 15) is 15.0 Å². The highest BCUT2D eigenvalue weighted by Gasteiger charge is 2.29. The van der Waals surface area contributed by atoms with Gasteiger partial charge in [-0.3, -0.25) is 0 Å². The predicted octanol–water partition coefficient (Wildman–Crippen LogP) is 3.54. The first-order valence-electron chi connectivity index (χ1n) is 11.2. The summed E-state index contributed by atoms with van der Waals surface area (Å²) in [6, 6.07) is 23.4. The van der Waals surface area contributed by atoms with Crippen LogP contribution in [0, 0.1) is 0 Å². The lowest BCUT2D eigenvalue weighted by atomic mass is 9.98. The smallest absolute Gasteiger partial charge is 0.407 e. The first kappa shape index (κ1) is 23.0. The summed E-state index contributed by atoms with van der Waals surface area (Å²) in [7, 11) is 0. The molecule has 0 radical (unpaired) electrons. The van der Waals surface area contributed by atoms with Gasteiger partial charge in [-0.15, -0.1) is 0 Å². The van der Waals surface area contributed by atoms with E-state index in [4.69, 9.17) is 9.84 Å². The molecule has 0 bridgehead atoms. The molecule has 0 fully saturated rings. The number of hydrogen-bond donors (Lipinski definition) is 4. The minimum atomic E-state index is -1.08. The van der Waals surface area contributed by atoms with Crippen molar-refractivity contribution in [2.75, 3.05) is 19.8 Å². The summed E-state index contributed by atoms with van der Waals surface area (Å²) in [5.74, 6) is -0.0123. The number of hydrogen-bond acceptors (Lipinski definition) is 5. The first-order chi connectivity index (χ1) is 16.1. The van der Waals surface area contributed by atoms with Crippen LogP contribution in [-0.2, 0) is 11.2 Å². The van der Waals surface area contributed by atoms with Crippen molar-refractivity contribution in [2.24, 2.45) is 0 Å². The number of amides is 1. The maximum Gasteiger partial charge on any atom is 0.407 e. The Balaban J connectivity index is 1.27. The Hall–Kier alpha value is -3.19. The van der Waals surface area contributed by atoms with Crippen molar-refractivity contribution in [3.8, 4) is 11.1 Å². The van der Waals surface area contributed by atoms with Gasteiger partial charge in [0.25, 0.3) is 0 Å². The fraction of sp³-hybridized carbons (Fsp3) is 0.296. The zero-order chi connectivity index (χ0) is 23.2. The molecule has 1 aliphatic carbocycles. The first-order valence-corrected chi connectivity index (χ1v) is 11.2. The minimum absolute atomic E-state index is 0.0123. The third kappa shape index (κ3) is 5.25. The molecule has 0 aromatic heterocycles. The number of nitrogens with one attached hydrogen (secondary N) is 1. The number of aliphatic hydroxyl groups excluding tert-OH is 3. The van der Waals surface area contributed by atoms with Crippen molar-refractivity contribution in [2.45, 2.75) is 31.0 Å². The van der Waals surface area contributed by atoms with Crippen LogP contribution in [0.25, 0.3) is 11.1 Å². The monoisotopic (exact) mass is 447 g/mol. The number of carbonyl (C=O) groups excluding carboxylic acids is 1. The average Bonchev–Trinajstić information content (AvgIpc) is 3.16. The maximum atomic E-state index is 12.3. The summed E-state index contributed by atoms with van der Waals surface area (Å²) in [6.45, 7) is 0.417. The summed E-state index contributed by atoms with van der Waals surface area (Å²) >= 11 is 0. The van der Waals surface area contributed by atoms with Crippen LogP contribution in [0.1, 0.15) is 40.7 Å². The summed E-state index contributed by atoms with van der Waals surface area (Å²) in [5.41, 5.74) is 6.10. The van der Waals surface area contributed by atoms with Crippen molar-refractivity contribution < 1.29 is 24.9 Å². The van der Waals surface area contributed by atoms with Crippen molar-refractivity contribution >= 4 is 6.09 Å². The van der Waals surface area contributed by atoms with E-state index in [0.29, 0.717) is 12.0 Å². The second-order valence-corrected chi connectivity index (χ2v) is 8.27. The lowest BCUT2D eigenvalue weighted by Gasteiger charge is -2.19. The van der Waals surface area contributed by atoms with E-state index in [0.717, 1.165) is 16.7 Å². The van der Waals surface area contributed by atoms with Crippen LogP contribution in [0.5, 0.6) is 0 Å². The van der Waals surface area contributed by atoms with Crippen LogP contribution in [0.3, 0.4) is 0 Å². The van der Waals surface area contributed by atoms with Crippen molar-refractivity contribution in [3.63, 3.8) is 0 Å². The molecule has 2 atom stereocenters. The molecule has 0 heterocycles. The van der Waals surface area contributed by atoms with Crippen LogP contribution in [0.4, 0.5) is 4.79 Å². The zero-order valence-corrected chi connectivity index (χ0v) is 18.4. The molecule has 0 aliphatic heterocycles. The lowest BCUT2D eigenvalue weighted by molar-refractivity contribution is 0.0136. The molecule has 4 N–H and O–H groups in total. The number of carbonyl (C=O) groups is 1. The number of alkyl carbamates (subject to hydrolysis) is 1. The molecule has 172 valence electrons. The third-order valence-electron chi connectivity index (χ3n) is 6.11. The van der Waals surface area contributed by atoms with Gasteiger partial charge in [-0.2, -0.15) is 0 Å². The Morgan fingerprint density at radius 1 is 0.939 bits per heavy atom. The minimum Gasteiger partial charge on any atom is -0.449 e. The SMILES string of the molecule is O=C(NCCC(O)C(O)c1cccc(CCO)c1)OCC1c2ccccc2-c2ccccc21. The Morgan fingerprint density at radius 3 is 2.27 bits per heavy atom. The third-order valence-corrected chi connectivity index (χ3v) is 6.11. The van der Waals surface area contributed by atoms with Gasteiger partial charge in [-0.1, -0.05) is 72.8 Å². The fourth-order valence-corrected chi connectivity index (χ4v) is 4.41. The molecule has 0 saturated carbocycles.